The van der Waals surface area contributed by atoms with Crippen LogP contribution in [0.3, 0.4) is 0 Å². The molecule has 0 atom stereocenters. The van der Waals surface area contributed by atoms with E-state index in [1.54, 1.807) is 18.2 Å². The van der Waals surface area contributed by atoms with Gasteiger partial charge in [-0.3, -0.25) is 9.69 Å². The largest absolute Gasteiger partial charge is 0.457 e. The second kappa shape index (κ2) is 8.46. The van der Waals surface area contributed by atoms with Crippen LogP contribution in [0.15, 0.2) is 48.5 Å². The van der Waals surface area contributed by atoms with Crippen molar-refractivity contribution >= 4 is 11.7 Å². The lowest BCUT2D eigenvalue weighted by Crippen LogP contribution is -2.19. The second-order valence-electron chi connectivity index (χ2n) is 7.22. The number of hydrogen-bond acceptors (Lipinski definition) is 6. The molecule has 1 amide bonds. The first-order valence-electron chi connectivity index (χ1n) is 9.71. The number of nitrogens with two attached hydrogens (primary N) is 2. The predicted molar refractivity (Wildman–Crippen MR) is 111 cm³/mol. The topological polar surface area (TPSA) is 107 Å². The van der Waals surface area contributed by atoms with Crippen molar-refractivity contribution in [2.45, 2.75) is 19.4 Å². The first-order chi connectivity index (χ1) is 14.5. The van der Waals surface area contributed by atoms with E-state index in [0.29, 0.717) is 23.9 Å². The Hall–Kier alpha value is -3.52. The molecule has 1 saturated heterocycles. The smallest absolute Gasteiger partial charge is 0.267 e. The van der Waals surface area contributed by atoms with Crippen LogP contribution in [0.25, 0.3) is 11.4 Å². The first kappa shape index (κ1) is 19.8. The number of ether oxygens (including phenoxy) is 1. The Labute approximate surface area is 173 Å². The molecule has 1 aliphatic heterocycles. The maximum atomic E-state index is 13.2. The Kier molecular flexibility index (Phi) is 5.58. The highest BCUT2D eigenvalue weighted by molar-refractivity contribution is 5.92. The highest BCUT2D eigenvalue weighted by atomic mass is 19.1. The molecule has 1 aliphatic rings. The third-order valence-electron chi connectivity index (χ3n) is 4.96. The number of likely N-dealkylation sites (tertiary alicyclic amines) is 1. The number of hydrogen-bond donors (Lipinski definition) is 2. The summed E-state index contributed by atoms with van der Waals surface area (Å²) in [5.74, 6) is 0.671. The molecule has 3 aromatic rings. The van der Waals surface area contributed by atoms with Gasteiger partial charge in [0.25, 0.3) is 5.91 Å². The van der Waals surface area contributed by atoms with Crippen molar-refractivity contribution in [1.82, 2.24) is 14.9 Å². The molecule has 30 heavy (non-hydrogen) atoms. The Morgan fingerprint density at radius 3 is 2.43 bits per heavy atom. The highest BCUT2D eigenvalue weighted by Gasteiger charge is 2.18. The Morgan fingerprint density at radius 2 is 1.73 bits per heavy atom. The van der Waals surface area contributed by atoms with E-state index in [1.807, 2.05) is 12.1 Å². The van der Waals surface area contributed by atoms with Crippen LogP contribution in [0, 0.1) is 5.82 Å². The van der Waals surface area contributed by atoms with Gasteiger partial charge in [-0.15, -0.1) is 0 Å². The number of carbonyl (C=O) groups excluding carboxylic acids is 1. The summed E-state index contributed by atoms with van der Waals surface area (Å²) in [6, 6.07) is 12.7. The van der Waals surface area contributed by atoms with Crippen molar-refractivity contribution in [1.29, 1.82) is 0 Å². The van der Waals surface area contributed by atoms with Gasteiger partial charge >= 0.3 is 0 Å². The van der Waals surface area contributed by atoms with Gasteiger partial charge in [-0.25, -0.2) is 14.4 Å². The zero-order valence-corrected chi connectivity index (χ0v) is 16.3. The molecule has 0 bridgehead atoms. The average Bonchev–Trinajstić information content (AvgIpc) is 3.22. The molecular weight excluding hydrogens is 385 g/mol. The molecule has 2 aromatic carbocycles. The maximum Gasteiger partial charge on any atom is 0.267 e. The molecule has 7 nitrogen and oxygen atoms in total. The predicted octanol–water partition coefficient (Wildman–Crippen LogP) is 3.35. The molecule has 4 N–H and O–H groups in total. The van der Waals surface area contributed by atoms with E-state index in [0.717, 1.165) is 37.1 Å². The molecule has 154 valence electrons. The Balaban J connectivity index is 1.71. The minimum absolute atomic E-state index is 0.0660. The Morgan fingerprint density at radius 1 is 1.03 bits per heavy atom. The maximum absolute atomic E-state index is 13.2. The van der Waals surface area contributed by atoms with Crippen LogP contribution in [0.4, 0.5) is 10.2 Å². The SMILES string of the molecule is NC(=O)c1cc(N)nc(-c2ccc(Oc3ccc(F)cc3)cc2CN2CCCC2)n1. The fourth-order valence-corrected chi connectivity index (χ4v) is 3.52. The Bertz CT molecular complexity index is 1070. The molecule has 0 radical (unpaired) electrons. The quantitative estimate of drug-likeness (QED) is 0.649. The third kappa shape index (κ3) is 4.55. The fraction of sp³-hybridized carbons (Fsp3) is 0.227. The van der Waals surface area contributed by atoms with Gasteiger partial charge in [0.2, 0.25) is 0 Å². The molecule has 0 unspecified atom stereocenters. The monoisotopic (exact) mass is 407 g/mol. The number of halogens is 1. The van der Waals surface area contributed by atoms with Gasteiger partial charge < -0.3 is 16.2 Å². The fourth-order valence-electron chi connectivity index (χ4n) is 3.52. The van der Waals surface area contributed by atoms with E-state index in [1.165, 1.54) is 18.2 Å². The van der Waals surface area contributed by atoms with Crippen LogP contribution in [-0.4, -0.2) is 33.9 Å². The van der Waals surface area contributed by atoms with Crippen LogP contribution < -0.4 is 16.2 Å². The summed E-state index contributed by atoms with van der Waals surface area (Å²) < 4.78 is 19.1. The molecule has 2 heterocycles. The zero-order valence-electron chi connectivity index (χ0n) is 16.3. The van der Waals surface area contributed by atoms with E-state index < -0.39 is 5.91 Å². The molecule has 0 spiro atoms. The van der Waals surface area contributed by atoms with Gasteiger partial charge in [0, 0.05) is 18.2 Å². The molecular formula is C22H22FN5O2. The molecule has 0 aliphatic carbocycles. The highest BCUT2D eigenvalue weighted by Crippen LogP contribution is 2.30. The van der Waals surface area contributed by atoms with Gasteiger partial charge in [-0.1, -0.05) is 0 Å². The van der Waals surface area contributed by atoms with Crippen LogP contribution in [0.1, 0.15) is 28.9 Å². The number of benzene rings is 2. The summed E-state index contributed by atoms with van der Waals surface area (Å²) in [4.78, 5) is 22.5. The van der Waals surface area contributed by atoms with Crippen molar-refractivity contribution in [3.63, 3.8) is 0 Å². The van der Waals surface area contributed by atoms with E-state index in [2.05, 4.69) is 14.9 Å². The average molecular weight is 407 g/mol. The van der Waals surface area contributed by atoms with Crippen LogP contribution in [-0.2, 0) is 6.54 Å². The molecule has 1 aromatic heterocycles. The lowest BCUT2D eigenvalue weighted by Gasteiger charge is -2.18. The van der Waals surface area contributed by atoms with Crippen molar-refractivity contribution in [2.24, 2.45) is 5.73 Å². The number of nitrogens with zero attached hydrogens (tertiary/aromatic N) is 3. The van der Waals surface area contributed by atoms with E-state index in [4.69, 9.17) is 16.2 Å². The van der Waals surface area contributed by atoms with Gasteiger partial charge in [0.05, 0.1) is 0 Å². The number of aromatic nitrogens is 2. The third-order valence-corrected chi connectivity index (χ3v) is 4.96. The number of carbonyl (C=O) groups is 1. The van der Waals surface area contributed by atoms with Gasteiger partial charge in [-0.2, -0.15) is 0 Å². The number of anilines is 1. The summed E-state index contributed by atoms with van der Waals surface area (Å²) in [5.41, 5.74) is 13.0. The van der Waals surface area contributed by atoms with Crippen LogP contribution >= 0.6 is 0 Å². The van der Waals surface area contributed by atoms with Crippen LogP contribution in [0.5, 0.6) is 11.5 Å². The molecule has 8 heteroatoms. The van der Waals surface area contributed by atoms with Crippen molar-refractivity contribution in [3.8, 4) is 22.9 Å². The van der Waals surface area contributed by atoms with E-state index in [-0.39, 0.29) is 17.3 Å². The summed E-state index contributed by atoms with van der Waals surface area (Å²) in [7, 11) is 0. The van der Waals surface area contributed by atoms with Crippen molar-refractivity contribution < 1.29 is 13.9 Å². The van der Waals surface area contributed by atoms with Crippen molar-refractivity contribution in [3.05, 3.63) is 65.6 Å². The van der Waals surface area contributed by atoms with Gasteiger partial charge in [-0.05, 0) is 74.0 Å². The minimum Gasteiger partial charge on any atom is -0.457 e. The second-order valence-corrected chi connectivity index (χ2v) is 7.22. The first-order valence-corrected chi connectivity index (χ1v) is 9.71. The molecule has 1 fully saturated rings. The lowest BCUT2D eigenvalue weighted by atomic mass is 10.1. The summed E-state index contributed by atoms with van der Waals surface area (Å²) >= 11 is 0. The van der Waals surface area contributed by atoms with Crippen molar-refractivity contribution in [2.75, 3.05) is 18.8 Å². The number of primary amides is 1. The summed E-state index contributed by atoms with van der Waals surface area (Å²) in [5, 5.41) is 0. The van der Waals surface area contributed by atoms with Crippen LogP contribution in [0.2, 0.25) is 0 Å². The lowest BCUT2D eigenvalue weighted by molar-refractivity contribution is 0.0995. The summed E-state index contributed by atoms with van der Waals surface area (Å²) in [6.07, 6.45) is 2.31. The molecule has 4 rings (SSSR count). The van der Waals surface area contributed by atoms with E-state index in [9.17, 15) is 9.18 Å². The zero-order chi connectivity index (χ0) is 21.1. The van der Waals surface area contributed by atoms with Gasteiger partial charge in [0.1, 0.15) is 28.8 Å². The summed E-state index contributed by atoms with van der Waals surface area (Å²) in [6.45, 7) is 2.69. The standard InChI is InChI=1S/C22H22FN5O2/c23-15-3-5-16(6-4-15)30-17-7-8-18(14(11-17)13-28-9-1-2-10-28)22-26-19(21(25)29)12-20(24)27-22/h3-8,11-12H,1-2,9-10,13H2,(H2,25,29)(H2,24,26,27). The minimum atomic E-state index is -0.664. The molecule has 0 saturated carbocycles. The number of rotatable bonds is 6. The number of nitrogen functional groups attached to an aromatic ring is 1. The van der Waals surface area contributed by atoms with E-state index >= 15 is 0 Å². The van der Waals surface area contributed by atoms with Gasteiger partial charge in [0.15, 0.2) is 5.82 Å². The number of amides is 1. The normalized spacial score (nSPS) is 14.0.